The summed E-state index contributed by atoms with van der Waals surface area (Å²) in [5.74, 6) is -29.9. The fourth-order valence-corrected chi connectivity index (χ4v) is 2.52. The van der Waals surface area contributed by atoms with E-state index in [1.165, 1.54) is 0 Å². The van der Waals surface area contributed by atoms with Gasteiger partial charge in [0, 0.05) is 12.1 Å². The smallest absolute Gasteiger partial charge is 0.210 e. The van der Waals surface area contributed by atoms with Crippen molar-refractivity contribution < 1.29 is 53.4 Å². The quantitative estimate of drug-likeness (QED) is 0.312. The predicted molar refractivity (Wildman–Crippen MR) is 88.5 cm³/mol. The highest BCUT2D eigenvalue weighted by atomic mass is 19.2. The van der Waals surface area contributed by atoms with Crippen molar-refractivity contribution in [2.45, 2.75) is 0 Å². The van der Waals surface area contributed by atoms with E-state index in [9.17, 15) is 43.9 Å². The van der Waals surface area contributed by atoms with Crippen LogP contribution in [0.5, 0.6) is 23.0 Å². The van der Waals surface area contributed by atoms with Gasteiger partial charge in [0.05, 0.1) is 0 Å². The lowest BCUT2D eigenvalue weighted by atomic mass is 10.1. The molecular weight excluding hydrogens is 490 g/mol. The van der Waals surface area contributed by atoms with Crippen molar-refractivity contribution in [2.75, 3.05) is 0 Å². The summed E-state index contributed by atoms with van der Waals surface area (Å²) in [4.78, 5) is 0. The Kier molecular flexibility index (Phi) is 6.27. The number of ether oxygens (including phenoxy) is 2. The third kappa shape index (κ3) is 3.79. The summed E-state index contributed by atoms with van der Waals surface area (Å²) in [5.41, 5.74) is -2.99. The maximum absolute atomic E-state index is 14.9. The van der Waals surface area contributed by atoms with E-state index < -0.39 is 92.3 Å². The molecule has 0 aliphatic heterocycles. The molecule has 174 valence electrons. The molecule has 0 fully saturated rings. The summed E-state index contributed by atoms with van der Waals surface area (Å²) in [6.07, 6.45) is 0. The molecule has 0 spiro atoms. The highest BCUT2D eigenvalue weighted by Crippen LogP contribution is 2.45. The predicted octanol–water partition coefficient (Wildman–Crippen LogP) is 6.41. The van der Waals surface area contributed by atoms with Crippen LogP contribution in [-0.4, -0.2) is 0 Å². The standard InChI is InChI=1S/C20H2F10N2O2/c21-7-1-8(22)14(28)17(13(7)27)33-19-11(25)5(3-31)6(4-32)12(26)20(19)34-18-15(29)9(23)2-10(24)16(18)30/h1-2H. The average Bonchev–Trinajstić information content (AvgIpc) is 2.79. The Labute approximate surface area is 181 Å². The van der Waals surface area contributed by atoms with Crippen LogP contribution in [0.4, 0.5) is 43.9 Å². The second-order valence-corrected chi connectivity index (χ2v) is 6.06. The Morgan fingerprint density at radius 3 is 0.941 bits per heavy atom. The molecule has 0 atom stereocenters. The molecule has 0 saturated heterocycles. The van der Waals surface area contributed by atoms with Crippen LogP contribution in [0.1, 0.15) is 11.1 Å². The van der Waals surface area contributed by atoms with Crippen LogP contribution in [0, 0.1) is 80.8 Å². The summed E-state index contributed by atoms with van der Waals surface area (Å²) in [6.45, 7) is 0. The van der Waals surface area contributed by atoms with Gasteiger partial charge in [-0.25, -0.2) is 26.3 Å². The minimum Gasteiger partial charge on any atom is -0.444 e. The maximum atomic E-state index is 14.9. The minimum absolute atomic E-state index is 0.286. The van der Waals surface area contributed by atoms with Gasteiger partial charge in [-0.1, -0.05) is 0 Å². The van der Waals surface area contributed by atoms with Crippen molar-refractivity contribution in [1.29, 1.82) is 10.5 Å². The number of nitriles is 2. The lowest BCUT2D eigenvalue weighted by molar-refractivity contribution is 0.315. The molecule has 0 saturated carbocycles. The van der Waals surface area contributed by atoms with Crippen LogP contribution in [0.15, 0.2) is 12.1 Å². The molecule has 0 radical (unpaired) electrons. The van der Waals surface area contributed by atoms with Crippen molar-refractivity contribution in [3.05, 3.63) is 81.4 Å². The highest BCUT2D eigenvalue weighted by Gasteiger charge is 2.33. The zero-order chi connectivity index (χ0) is 25.5. The Hall–Kier alpha value is -4.46. The number of hydrogen-bond donors (Lipinski definition) is 0. The largest absolute Gasteiger partial charge is 0.444 e. The molecule has 0 aromatic heterocycles. The van der Waals surface area contributed by atoms with Crippen LogP contribution >= 0.6 is 0 Å². The monoisotopic (exact) mass is 492 g/mol. The van der Waals surface area contributed by atoms with E-state index in [4.69, 9.17) is 10.5 Å². The maximum Gasteiger partial charge on any atom is 0.210 e. The first-order chi connectivity index (χ1) is 15.9. The third-order valence-corrected chi connectivity index (χ3v) is 4.07. The molecular formula is C20H2F10N2O2. The van der Waals surface area contributed by atoms with Gasteiger partial charge in [-0.15, -0.1) is 0 Å². The number of halogens is 10. The Bertz CT molecular complexity index is 1280. The van der Waals surface area contributed by atoms with E-state index in [-0.39, 0.29) is 12.1 Å². The van der Waals surface area contributed by atoms with E-state index in [0.29, 0.717) is 0 Å². The first-order valence-electron chi connectivity index (χ1n) is 8.31. The van der Waals surface area contributed by atoms with Crippen LogP contribution in [0.25, 0.3) is 0 Å². The van der Waals surface area contributed by atoms with Crippen molar-refractivity contribution in [2.24, 2.45) is 0 Å². The van der Waals surface area contributed by atoms with Gasteiger partial charge >= 0.3 is 0 Å². The van der Waals surface area contributed by atoms with Gasteiger partial charge in [0.15, 0.2) is 34.9 Å². The molecule has 0 aliphatic rings. The second kappa shape index (κ2) is 8.82. The molecule has 3 aromatic rings. The third-order valence-electron chi connectivity index (χ3n) is 4.07. The fraction of sp³-hybridized carbons (Fsp3) is 0. The molecule has 3 aromatic carbocycles. The van der Waals surface area contributed by atoms with Crippen molar-refractivity contribution in [3.63, 3.8) is 0 Å². The molecule has 0 amide bonds. The zero-order valence-electron chi connectivity index (χ0n) is 15.6. The summed E-state index contributed by atoms with van der Waals surface area (Å²) < 4.78 is 148. The van der Waals surface area contributed by atoms with Crippen LogP contribution in [0.2, 0.25) is 0 Å². The van der Waals surface area contributed by atoms with Gasteiger partial charge in [0.1, 0.15) is 23.3 Å². The Balaban J connectivity index is 2.38. The second-order valence-electron chi connectivity index (χ2n) is 6.06. The molecule has 0 unspecified atom stereocenters. The molecule has 0 heterocycles. The van der Waals surface area contributed by atoms with Crippen LogP contribution in [0.3, 0.4) is 0 Å². The first-order valence-corrected chi connectivity index (χ1v) is 8.31. The minimum atomic E-state index is -2.30. The van der Waals surface area contributed by atoms with Gasteiger partial charge in [0.25, 0.3) is 0 Å². The summed E-state index contributed by atoms with van der Waals surface area (Å²) in [7, 11) is 0. The van der Waals surface area contributed by atoms with E-state index in [1.807, 2.05) is 0 Å². The average molecular weight is 492 g/mol. The first kappa shape index (κ1) is 24.2. The van der Waals surface area contributed by atoms with E-state index in [0.717, 1.165) is 12.1 Å². The van der Waals surface area contributed by atoms with E-state index >= 15 is 0 Å². The zero-order valence-corrected chi connectivity index (χ0v) is 15.6. The number of rotatable bonds is 4. The number of nitrogens with zero attached hydrogens (tertiary/aromatic N) is 2. The lowest BCUT2D eigenvalue weighted by Crippen LogP contribution is -2.08. The van der Waals surface area contributed by atoms with Gasteiger partial charge in [-0.05, 0) is 0 Å². The molecule has 14 heteroatoms. The lowest BCUT2D eigenvalue weighted by Gasteiger charge is -2.17. The summed E-state index contributed by atoms with van der Waals surface area (Å²) in [5, 5.41) is 18.0. The van der Waals surface area contributed by atoms with Crippen LogP contribution in [-0.2, 0) is 0 Å². The van der Waals surface area contributed by atoms with E-state index in [1.54, 1.807) is 0 Å². The highest BCUT2D eigenvalue weighted by molar-refractivity contribution is 5.60. The molecule has 34 heavy (non-hydrogen) atoms. The van der Waals surface area contributed by atoms with Gasteiger partial charge in [-0.2, -0.15) is 28.1 Å². The van der Waals surface area contributed by atoms with Gasteiger partial charge in [0.2, 0.25) is 46.3 Å². The van der Waals surface area contributed by atoms with Crippen molar-refractivity contribution in [3.8, 4) is 35.1 Å². The molecule has 0 bridgehead atoms. The van der Waals surface area contributed by atoms with Crippen molar-refractivity contribution in [1.82, 2.24) is 0 Å². The molecule has 0 aliphatic carbocycles. The van der Waals surface area contributed by atoms with Gasteiger partial charge < -0.3 is 9.47 Å². The topological polar surface area (TPSA) is 66.0 Å². The normalized spacial score (nSPS) is 10.6. The number of hydrogen-bond acceptors (Lipinski definition) is 4. The Morgan fingerprint density at radius 2 is 0.706 bits per heavy atom. The van der Waals surface area contributed by atoms with E-state index in [2.05, 4.69) is 9.47 Å². The summed E-state index contributed by atoms with van der Waals surface area (Å²) >= 11 is 0. The molecule has 4 nitrogen and oxygen atoms in total. The SMILES string of the molecule is N#Cc1c(F)c(Oc2c(F)c(F)cc(F)c2F)c(Oc2c(F)c(F)cc(F)c2F)c(F)c1C#N. The van der Waals surface area contributed by atoms with Crippen LogP contribution < -0.4 is 9.47 Å². The fourth-order valence-electron chi connectivity index (χ4n) is 2.52. The number of benzene rings is 3. The Morgan fingerprint density at radius 1 is 0.441 bits per heavy atom. The van der Waals surface area contributed by atoms with Crippen molar-refractivity contribution >= 4 is 0 Å². The molecule has 3 rings (SSSR count). The molecule has 0 N–H and O–H groups in total. The summed E-state index contributed by atoms with van der Waals surface area (Å²) in [6, 6.07) is 1.41. The van der Waals surface area contributed by atoms with Gasteiger partial charge in [-0.3, -0.25) is 0 Å².